The molecule has 0 fully saturated rings. The van der Waals surface area contributed by atoms with Crippen LogP contribution >= 0.6 is 24.0 Å². The van der Waals surface area contributed by atoms with Crippen molar-refractivity contribution in [3.63, 3.8) is 0 Å². The van der Waals surface area contributed by atoms with Crippen LogP contribution in [0.25, 0.3) is 0 Å². The Morgan fingerprint density at radius 1 is 1.13 bits per heavy atom. The van der Waals surface area contributed by atoms with Crippen molar-refractivity contribution < 1.29 is 5.11 Å². The van der Waals surface area contributed by atoms with Gasteiger partial charge in [-0.1, -0.05) is 43.2 Å². The lowest BCUT2D eigenvalue weighted by Crippen LogP contribution is -2.40. The summed E-state index contributed by atoms with van der Waals surface area (Å²) in [5, 5.41) is 15.8. The van der Waals surface area contributed by atoms with E-state index in [4.69, 9.17) is 5.11 Å². The predicted octanol–water partition coefficient (Wildman–Crippen LogP) is 3.47. The van der Waals surface area contributed by atoms with Gasteiger partial charge in [0, 0.05) is 19.7 Å². The average Bonchev–Trinajstić information content (AvgIpc) is 2.52. The van der Waals surface area contributed by atoms with Gasteiger partial charge in [-0.15, -0.1) is 24.0 Å². The number of guanidine groups is 1. The molecule has 0 aliphatic carbocycles. The van der Waals surface area contributed by atoms with Gasteiger partial charge < -0.3 is 15.7 Å². The maximum atomic E-state index is 9.13. The van der Waals surface area contributed by atoms with E-state index in [2.05, 4.69) is 60.7 Å². The van der Waals surface area contributed by atoms with Gasteiger partial charge in [0.25, 0.3) is 0 Å². The first-order chi connectivity index (χ1) is 10.7. The maximum Gasteiger partial charge on any atom is 0.191 e. The van der Waals surface area contributed by atoms with Gasteiger partial charge in [-0.25, -0.2) is 4.99 Å². The Balaban J connectivity index is 0.00000484. The number of nitrogens with zero attached hydrogens (tertiary/aromatic N) is 1. The van der Waals surface area contributed by atoms with Crippen LogP contribution in [0.5, 0.6) is 0 Å². The van der Waals surface area contributed by atoms with Crippen LogP contribution in [0.1, 0.15) is 44.2 Å². The molecular formula is C18H32IN3O. The average molecular weight is 433 g/mol. The molecule has 0 spiro atoms. The normalized spacial score (nSPS) is 12.4. The SMILES string of the molecule is CCCC(CCO)CNC(=NCc1ccc(C)cc1)NCC.I. The molecule has 0 bridgehead atoms. The number of halogens is 1. The Bertz CT molecular complexity index is 428. The lowest BCUT2D eigenvalue weighted by atomic mass is 10.0. The molecule has 0 amide bonds. The Hall–Kier alpha value is -0.820. The maximum absolute atomic E-state index is 9.13. The summed E-state index contributed by atoms with van der Waals surface area (Å²) < 4.78 is 0. The minimum atomic E-state index is 0. The summed E-state index contributed by atoms with van der Waals surface area (Å²) in [5.41, 5.74) is 2.48. The van der Waals surface area contributed by atoms with E-state index in [0.29, 0.717) is 12.5 Å². The molecule has 0 radical (unpaired) electrons. The second kappa shape index (κ2) is 13.6. The van der Waals surface area contributed by atoms with E-state index in [1.54, 1.807) is 0 Å². The van der Waals surface area contributed by atoms with Crippen LogP contribution in [0, 0.1) is 12.8 Å². The zero-order chi connectivity index (χ0) is 16.2. The number of hydrogen-bond donors (Lipinski definition) is 3. The van der Waals surface area contributed by atoms with Gasteiger partial charge >= 0.3 is 0 Å². The number of aliphatic hydroxyl groups is 1. The van der Waals surface area contributed by atoms with E-state index in [-0.39, 0.29) is 30.6 Å². The fraction of sp³-hybridized carbons (Fsp3) is 0.611. The van der Waals surface area contributed by atoms with Gasteiger partial charge in [0.1, 0.15) is 0 Å². The van der Waals surface area contributed by atoms with E-state index in [0.717, 1.165) is 38.3 Å². The highest BCUT2D eigenvalue weighted by atomic mass is 127. The largest absolute Gasteiger partial charge is 0.396 e. The molecule has 132 valence electrons. The number of aliphatic hydroxyl groups excluding tert-OH is 1. The van der Waals surface area contributed by atoms with Crippen LogP contribution in [-0.4, -0.2) is 30.8 Å². The molecule has 0 aliphatic heterocycles. The lowest BCUT2D eigenvalue weighted by Gasteiger charge is -2.18. The van der Waals surface area contributed by atoms with Crippen LogP contribution < -0.4 is 10.6 Å². The topological polar surface area (TPSA) is 56.6 Å². The number of nitrogens with one attached hydrogen (secondary N) is 2. The number of aryl methyl sites for hydroxylation is 1. The van der Waals surface area contributed by atoms with E-state index < -0.39 is 0 Å². The smallest absolute Gasteiger partial charge is 0.191 e. The van der Waals surface area contributed by atoms with E-state index in [1.807, 2.05) is 0 Å². The summed E-state index contributed by atoms with van der Waals surface area (Å²) >= 11 is 0. The van der Waals surface area contributed by atoms with E-state index in [1.165, 1.54) is 11.1 Å². The molecule has 1 aromatic carbocycles. The molecule has 1 rings (SSSR count). The third-order valence-corrected chi connectivity index (χ3v) is 3.68. The molecule has 1 unspecified atom stereocenters. The molecule has 0 aromatic heterocycles. The summed E-state index contributed by atoms with van der Waals surface area (Å²) in [5.74, 6) is 1.35. The van der Waals surface area contributed by atoms with Crippen molar-refractivity contribution in [3.8, 4) is 0 Å². The molecule has 0 saturated heterocycles. The molecule has 1 aromatic rings. The van der Waals surface area contributed by atoms with Gasteiger partial charge in [0.15, 0.2) is 5.96 Å². The standard InChI is InChI=1S/C18H31N3O.HI/c1-4-6-16(11-12-22)13-20-18(19-5-2)21-14-17-9-7-15(3)8-10-17;/h7-10,16,22H,4-6,11-14H2,1-3H3,(H2,19,20,21);1H. The van der Waals surface area contributed by atoms with Crippen LogP contribution in [0.15, 0.2) is 29.3 Å². The predicted molar refractivity (Wildman–Crippen MR) is 110 cm³/mol. The van der Waals surface area contributed by atoms with E-state index >= 15 is 0 Å². The van der Waals surface area contributed by atoms with Crippen molar-refractivity contribution >= 4 is 29.9 Å². The molecule has 0 aliphatic rings. The first-order valence-corrected chi connectivity index (χ1v) is 8.38. The molecule has 0 heterocycles. The number of benzene rings is 1. The summed E-state index contributed by atoms with van der Waals surface area (Å²) in [6, 6.07) is 8.47. The number of aliphatic imine (C=N–C) groups is 1. The van der Waals surface area contributed by atoms with Crippen LogP contribution in [0.2, 0.25) is 0 Å². The molecule has 5 heteroatoms. The summed E-state index contributed by atoms with van der Waals surface area (Å²) in [4.78, 5) is 4.64. The first kappa shape index (κ1) is 22.2. The van der Waals surface area contributed by atoms with Crippen molar-refractivity contribution in [3.05, 3.63) is 35.4 Å². The molecule has 3 N–H and O–H groups in total. The van der Waals surface area contributed by atoms with Gasteiger partial charge in [-0.05, 0) is 38.2 Å². The fourth-order valence-corrected chi connectivity index (χ4v) is 2.39. The zero-order valence-corrected chi connectivity index (χ0v) is 17.0. The van der Waals surface area contributed by atoms with Crippen molar-refractivity contribution in [1.29, 1.82) is 0 Å². The second-order valence-electron chi connectivity index (χ2n) is 5.73. The fourth-order valence-electron chi connectivity index (χ4n) is 2.39. The van der Waals surface area contributed by atoms with Gasteiger partial charge in [0.2, 0.25) is 0 Å². The van der Waals surface area contributed by atoms with Crippen molar-refractivity contribution in [2.45, 2.75) is 46.6 Å². The Labute approximate surface area is 158 Å². The van der Waals surface area contributed by atoms with Crippen molar-refractivity contribution in [2.24, 2.45) is 10.9 Å². The molecule has 4 nitrogen and oxygen atoms in total. The van der Waals surface area contributed by atoms with Crippen LogP contribution in [0.4, 0.5) is 0 Å². The van der Waals surface area contributed by atoms with Crippen molar-refractivity contribution in [2.75, 3.05) is 19.7 Å². The highest BCUT2D eigenvalue weighted by Gasteiger charge is 2.08. The third-order valence-electron chi connectivity index (χ3n) is 3.68. The summed E-state index contributed by atoms with van der Waals surface area (Å²) in [7, 11) is 0. The Morgan fingerprint density at radius 2 is 1.83 bits per heavy atom. The van der Waals surface area contributed by atoms with Crippen molar-refractivity contribution in [1.82, 2.24) is 10.6 Å². The second-order valence-corrected chi connectivity index (χ2v) is 5.73. The number of rotatable bonds is 9. The number of hydrogen-bond acceptors (Lipinski definition) is 2. The van der Waals surface area contributed by atoms with E-state index in [9.17, 15) is 0 Å². The minimum absolute atomic E-state index is 0. The third kappa shape index (κ3) is 9.81. The molecule has 0 saturated carbocycles. The molecular weight excluding hydrogens is 401 g/mol. The first-order valence-electron chi connectivity index (χ1n) is 8.38. The minimum Gasteiger partial charge on any atom is -0.396 e. The quantitative estimate of drug-likeness (QED) is 0.318. The monoisotopic (exact) mass is 433 g/mol. The summed E-state index contributed by atoms with van der Waals surface area (Å²) in [6.07, 6.45) is 3.12. The van der Waals surface area contributed by atoms with Crippen LogP contribution in [-0.2, 0) is 6.54 Å². The van der Waals surface area contributed by atoms with Gasteiger partial charge in [-0.2, -0.15) is 0 Å². The van der Waals surface area contributed by atoms with Gasteiger partial charge in [0.05, 0.1) is 6.54 Å². The lowest BCUT2D eigenvalue weighted by molar-refractivity contribution is 0.251. The molecule has 23 heavy (non-hydrogen) atoms. The highest BCUT2D eigenvalue weighted by Crippen LogP contribution is 2.09. The Kier molecular flexibility index (Phi) is 13.1. The van der Waals surface area contributed by atoms with Crippen LogP contribution in [0.3, 0.4) is 0 Å². The summed E-state index contributed by atoms with van der Waals surface area (Å²) in [6.45, 7) is 8.97. The highest BCUT2D eigenvalue weighted by molar-refractivity contribution is 14.0. The molecule has 1 atom stereocenters. The Morgan fingerprint density at radius 3 is 2.39 bits per heavy atom. The van der Waals surface area contributed by atoms with Gasteiger partial charge in [-0.3, -0.25) is 0 Å². The zero-order valence-electron chi connectivity index (χ0n) is 14.6.